The molecule has 1 atom stereocenters. The molecule has 1 saturated heterocycles. The van der Waals surface area contributed by atoms with Gasteiger partial charge in [-0.15, -0.1) is 0 Å². The first kappa shape index (κ1) is 18.1. The van der Waals surface area contributed by atoms with Gasteiger partial charge in [-0.3, -0.25) is 14.8 Å². The first-order chi connectivity index (χ1) is 13.2. The SMILES string of the molecule is CC(c1cccnc1)N1CCN(Cc2nc(-c3ccc(Cl)cc3)no2)CC1. The summed E-state index contributed by atoms with van der Waals surface area (Å²) in [5.74, 6) is 1.25. The van der Waals surface area contributed by atoms with E-state index in [1.54, 1.807) is 0 Å². The van der Waals surface area contributed by atoms with E-state index in [1.165, 1.54) is 5.56 Å². The van der Waals surface area contributed by atoms with Gasteiger partial charge in [0.2, 0.25) is 11.7 Å². The van der Waals surface area contributed by atoms with Crippen LogP contribution in [0.5, 0.6) is 0 Å². The fraction of sp³-hybridized carbons (Fsp3) is 0.350. The van der Waals surface area contributed by atoms with Crippen LogP contribution in [0.25, 0.3) is 11.4 Å². The summed E-state index contributed by atoms with van der Waals surface area (Å²) in [6.07, 6.45) is 3.77. The van der Waals surface area contributed by atoms with Gasteiger partial charge in [-0.25, -0.2) is 0 Å². The van der Waals surface area contributed by atoms with Gasteiger partial charge in [0.25, 0.3) is 0 Å². The highest BCUT2D eigenvalue weighted by atomic mass is 35.5. The van der Waals surface area contributed by atoms with Gasteiger partial charge in [0.05, 0.1) is 6.54 Å². The summed E-state index contributed by atoms with van der Waals surface area (Å²) in [4.78, 5) is 13.6. The highest BCUT2D eigenvalue weighted by molar-refractivity contribution is 6.30. The van der Waals surface area contributed by atoms with Crippen LogP contribution in [0, 0.1) is 0 Å². The van der Waals surface area contributed by atoms with Crippen LogP contribution < -0.4 is 0 Å². The van der Waals surface area contributed by atoms with E-state index in [0.717, 1.165) is 31.7 Å². The third-order valence-corrected chi connectivity index (χ3v) is 5.30. The van der Waals surface area contributed by atoms with Crippen molar-refractivity contribution in [1.29, 1.82) is 0 Å². The van der Waals surface area contributed by atoms with Crippen LogP contribution >= 0.6 is 11.6 Å². The fourth-order valence-electron chi connectivity index (χ4n) is 3.37. The number of piperazine rings is 1. The summed E-state index contributed by atoms with van der Waals surface area (Å²) in [6, 6.07) is 12.0. The van der Waals surface area contributed by atoms with Crippen LogP contribution in [0.4, 0.5) is 0 Å². The lowest BCUT2D eigenvalue weighted by Crippen LogP contribution is -2.46. The second kappa shape index (κ2) is 8.17. The van der Waals surface area contributed by atoms with E-state index in [0.29, 0.717) is 29.3 Å². The summed E-state index contributed by atoms with van der Waals surface area (Å²) >= 11 is 5.93. The summed E-state index contributed by atoms with van der Waals surface area (Å²) in [5.41, 5.74) is 2.17. The van der Waals surface area contributed by atoms with Crippen LogP contribution in [-0.4, -0.2) is 51.1 Å². The molecule has 27 heavy (non-hydrogen) atoms. The van der Waals surface area contributed by atoms with Gasteiger partial charge in [-0.1, -0.05) is 22.8 Å². The monoisotopic (exact) mass is 383 g/mol. The molecule has 0 saturated carbocycles. The maximum absolute atomic E-state index is 5.93. The summed E-state index contributed by atoms with van der Waals surface area (Å²) < 4.78 is 5.44. The predicted molar refractivity (Wildman–Crippen MR) is 104 cm³/mol. The lowest BCUT2D eigenvalue weighted by atomic mass is 10.1. The first-order valence-corrected chi connectivity index (χ1v) is 9.52. The Morgan fingerprint density at radius 2 is 1.89 bits per heavy atom. The quantitative estimate of drug-likeness (QED) is 0.670. The van der Waals surface area contributed by atoms with Crippen molar-refractivity contribution in [2.45, 2.75) is 19.5 Å². The molecule has 4 rings (SSSR count). The molecule has 0 amide bonds. The van der Waals surface area contributed by atoms with E-state index < -0.39 is 0 Å². The van der Waals surface area contributed by atoms with Gasteiger partial charge >= 0.3 is 0 Å². The average Bonchev–Trinajstić information content (AvgIpc) is 3.18. The molecule has 1 aromatic carbocycles. The molecule has 1 aliphatic heterocycles. The molecule has 0 bridgehead atoms. The predicted octanol–water partition coefficient (Wildman–Crippen LogP) is 3.66. The first-order valence-electron chi connectivity index (χ1n) is 9.14. The molecule has 3 aromatic rings. The lowest BCUT2D eigenvalue weighted by molar-refractivity contribution is 0.0904. The molecule has 1 aliphatic rings. The van der Waals surface area contributed by atoms with Crippen LogP contribution in [0.1, 0.15) is 24.4 Å². The minimum atomic E-state index is 0.376. The molecule has 7 heteroatoms. The van der Waals surface area contributed by atoms with Gasteiger partial charge in [-0.2, -0.15) is 4.98 Å². The standard InChI is InChI=1S/C20H22ClN5O/c1-15(17-3-2-8-22-13-17)26-11-9-25(10-12-26)14-19-23-20(24-27-19)16-4-6-18(21)7-5-16/h2-8,13,15H,9-12,14H2,1H3. The van der Waals surface area contributed by atoms with Crippen molar-refractivity contribution in [1.82, 2.24) is 24.9 Å². The Kier molecular flexibility index (Phi) is 5.48. The van der Waals surface area contributed by atoms with E-state index >= 15 is 0 Å². The van der Waals surface area contributed by atoms with Crippen LogP contribution in [0.2, 0.25) is 5.02 Å². The van der Waals surface area contributed by atoms with Crippen LogP contribution in [-0.2, 0) is 6.54 Å². The third-order valence-electron chi connectivity index (χ3n) is 5.05. The van der Waals surface area contributed by atoms with E-state index in [2.05, 4.69) is 37.9 Å². The number of benzene rings is 1. The van der Waals surface area contributed by atoms with Crippen LogP contribution in [0.15, 0.2) is 53.3 Å². The van der Waals surface area contributed by atoms with Crippen molar-refractivity contribution in [3.8, 4) is 11.4 Å². The van der Waals surface area contributed by atoms with E-state index in [9.17, 15) is 0 Å². The van der Waals surface area contributed by atoms with Crippen molar-refractivity contribution < 1.29 is 4.52 Å². The van der Waals surface area contributed by atoms with E-state index in [-0.39, 0.29) is 0 Å². The molecule has 0 radical (unpaired) electrons. The Labute approximate surface area is 163 Å². The second-order valence-electron chi connectivity index (χ2n) is 6.79. The molecular weight excluding hydrogens is 362 g/mol. The van der Waals surface area contributed by atoms with Gasteiger partial charge in [0, 0.05) is 55.2 Å². The van der Waals surface area contributed by atoms with Crippen molar-refractivity contribution >= 4 is 11.6 Å². The number of aromatic nitrogens is 3. The Bertz CT molecular complexity index is 860. The number of hydrogen-bond donors (Lipinski definition) is 0. The Morgan fingerprint density at radius 1 is 1.11 bits per heavy atom. The zero-order chi connectivity index (χ0) is 18.6. The zero-order valence-corrected chi connectivity index (χ0v) is 16.0. The van der Waals surface area contributed by atoms with E-state index in [1.807, 2.05) is 42.7 Å². The molecule has 0 spiro atoms. The lowest BCUT2D eigenvalue weighted by Gasteiger charge is -2.37. The highest BCUT2D eigenvalue weighted by Gasteiger charge is 2.23. The molecule has 3 heterocycles. The minimum absolute atomic E-state index is 0.376. The molecule has 1 unspecified atom stereocenters. The van der Waals surface area contributed by atoms with Gasteiger partial charge < -0.3 is 4.52 Å². The average molecular weight is 384 g/mol. The van der Waals surface area contributed by atoms with Crippen molar-refractivity contribution in [2.75, 3.05) is 26.2 Å². The topological polar surface area (TPSA) is 58.3 Å². The van der Waals surface area contributed by atoms with E-state index in [4.69, 9.17) is 16.1 Å². The van der Waals surface area contributed by atoms with Gasteiger partial charge in [0.15, 0.2) is 0 Å². The van der Waals surface area contributed by atoms with Gasteiger partial charge in [-0.05, 0) is 42.8 Å². The molecule has 6 nitrogen and oxygen atoms in total. The summed E-state index contributed by atoms with van der Waals surface area (Å²) in [5, 5.41) is 4.79. The Morgan fingerprint density at radius 3 is 2.59 bits per heavy atom. The summed E-state index contributed by atoms with van der Waals surface area (Å²) in [6.45, 7) is 6.88. The Hall–Kier alpha value is -2.28. The smallest absolute Gasteiger partial charge is 0.241 e. The third kappa shape index (κ3) is 4.35. The van der Waals surface area contributed by atoms with Crippen molar-refractivity contribution in [3.05, 3.63) is 65.3 Å². The maximum atomic E-state index is 5.93. The maximum Gasteiger partial charge on any atom is 0.241 e. The normalized spacial score (nSPS) is 17.1. The largest absolute Gasteiger partial charge is 0.338 e. The van der Waals surface area contributed by atoms with Crippen LogP contribution in [0.3, 0.4) is 0 Å². The zero-order valence-electron chi connectivity index (χ0n) is 15.3. The fourth-order valence-corrected chi connectivity index (χ4v) is 3.50. The molecule has 0 N–H and O–H groups in total. The number of hydrogen-bond acceptors (Lipinski definition) is 6. The number of rotatable bonds is 5. The molecule has 1 fully saturated rings. The number of pyridine rings is 1. The summed E-state index contributed by atoms with van der Waals surface area (Å²) in [7, 11) is 0. The molecular formula is C20H22ClN5O. The van der Waals surface area contributed by atoms with Crippen molar-refractivity contribution in [2.24, 2.45) is 0 Å². The molecule has 2 aromatic heterocycles. The van der Waals surface area contributed by atoms with Crippen molar-refractivity contribution in [3.63, 3.8) is 0 Å². The molecule has 0 aliphatic carbocycles. The highest BCUT2D eigenvalue weighted by Crippen LogP contribution is 2.22. The number of nitrogens with zero attached hydrogens (tertiary/aromatic N) is 5. The molecule has 140 valence electrons. The minimum Gasteiger partial charge on any atom is -0.338 e. The Balaban J connectivity index is 1.32. The second-order valence-corrected chi connectivity index (χ2v) is 7.23. The number of halogens is 1. The van der Waals surface area contributed by atoms with Gasteiger partial charge in [0.1, 0.15) is 0 Å².